The Balaban J connectivity index is 2.66. The van der Waals surface area contributed by atoms with Gasteiger partial charge in [0.2, 0.25) is 0 Å². The van der Waals surface area contributed by atoms with Crippen LogP contribution in [0.25, 0.3) is 0 Å². The van der Waals surface area contributed by atoms with Crippen LogP contribution in [0.4, 0.5) is 10.1 Å². The highest BCUT2D eigenvalue weighted by molar-refractivity contribution is 5.42. The zero-order valence-electron chi connectivity index (χ0n) is 7.46. The van der Waals surface area contributed by atoms with E-state index in [1.54, 1.807) is 12.1 Å². The zero-order chi connectivity index (χ0) is 9.68. The third kappa shape index (κ3) is 2.78. The summed E-state index contributed by atoms with van der Waals surface area (Å²) in [6, 6.07) is 4.37. The Morgan fingerprint density at radius 2 is 2.31 bits per heavy atom. The lowest BCUT2D eigenvalue weighted by Gasteiger charge is -2.04. The molecule has 13 heavy (non-hydrogen) atoms. The number of hydrogen-bond donors (Lipinski definition) is 1. The molecule has 0 atom stereocenters. The van der Waals surface area contributed by atoms with Gasteiger partial charge in [0, 0.05) is 11.8 Å². The first-order valence-electron chi connectivity index (χ1n) is 4.03. The van der Waals surface area contributed by atoms with Crippen LogP contribution in [0.1, 0.15) is 6.92 Å². The van der Waals surface area contributed by atoms with Crippen LogP contribution in [-0.2, 0) is 0 Å². The van der Waals surface area contributed by atoms with Gasteiger partial charge in [-0.3, -0.25) is 0 Å². The second-order valence-electron chi connectivity index (χ2n) is 2.57. The first kappa shape index (κ1) is 9.58. The maximum absolute atomic E-state index is 13.0. The number of halogens is 1. The second-order valence-corrected chi connectivity index (χ2v) is 2.57. The summed E-state index contributed by atoms with van der Waals surface area (Å²) in [5, 5.41) is 0. The van der Waals surface area contributed by atoms with E-state index in [-0.39, 0.29) is 5.75 Å². The predicted molar refractivity (Wildman–Crippen MR) is 51.1 cm³/mol. The van der Waals surface area contributed by atoms with E-state index in [0.717, 1.165) is 0 Å². The molecular weight excluding hydrogens is 169 g/mol. The lowest BCUT2D eigenvalue weighted by atomic mass is 10.3. The number of anilines is 1. The van der Waals surface area contributed by atoms with Crippen molar-refractivity contribution in [2.75, 3.05) is 12.3 Å². The monoisotopic (exact) mass is 181 g/mol. The molecule has 0 aliphatic heterocycles. The number of hydrogen-bond acceptors (Lipinski definition) is 2. The summed E-state index contributed by atoms with van der Waals surface area (Å²) in [4.78, 5) is 0. The Hall–Kier alpha value is -1.51. The number of ether oxygens (including phenoxy) is 1. The highest BCUT2D eigenvalue weighted by Gasteiger charge is 2.01. The normalized spacial score (nSPS) is 10.6. The van der Waals surface area contributed by atoms with Gasteiger partial charge in [-0.25, -0.2) is 4.39 Å². The average Bonchev–Trinajstić information content (AvgIpc) is 2.09. The van der Waals surface area contributed by atoms with Crippen LogP contribution in [0.3, 0.4) is 0 Å². The molecule has 70 valence electrons. The predicted octanol–water partition coefficient (Wildman–Crippen LogP) is 2.36. The van der Waals surface area contributed by atoms with E-state index in [1.807, 2.05) is 13.0 Å². The van der Waals surface area contributed by atoms with Gasteiger partial charge in [0.1, 0.15) is 6.61 Å². The molecule has 0 aliphatic carbocycles. The fraction of sp³-hybridized carbons (Fsp3) is 0.200. The summed E-state index contributed by atoms with van der Waals surface area (Å²) < 4.78 is 18.2. The first-order valence-corrected chi connectivity index (χ1v) is 4.03. The van der Waals surface area contributed by atoms with Gasteiger partial charge in [0.15, 0.2) is 11.6 Å². The van der Waals surface area contributed by atoms with Crippen molar-refractivity contribution in [1.29, 1.82) is 0 Å². The van der Waals surface area contributed by atoms with Crippen molar-refractivity contribution in [1.82, 2.24) is 0 Å². The summed E-state index contributed by atoms with van der Waals surface area (Å²) in [6.07, 6.45) is 3.64. The highest BCUT2D eigenvalue weighted by Crippen LogP contribution is 2.18. The fourth-order valence-corrected chi connectivity index (χ4v) is 0.868. The summed E-state index contributed by atoms with van der Waals surface area (Å²) >= 11 is 0. The van der Waals surface area contributed by atoms with Crippen LogP contribution in [0, 0.1) is 5.82 Å². The van der Waals surface area contributed by atoms with Crippen LogP contribution in [0.15, 0.2) is 30.4 Å². The van der Waals surface area contributed by atoms with Gasteiger partial charge in [0.25, 0.3) is 0 Å². The molecule has 0 heterocycles. The maximum Gasteiger partial charge on any atom is 0.167 e. The molecule has 2 nitrogen and oxygen atoms in total. The number of nitrogens with two attached hydrogens (primary N) is 1. The van der Waals surface area contributed by atoms with Crippen LogP contribution in [0.5, 0.6) is 5.75 Å². The molecule has 0 saturated carbocycles. The molecule has 3 heteroatoms. The zero-order valence-corrected chi connectivity index (χ0v) is 7.46. The Morgan fingerprint density at radius 1 is 1.54 bits per heavy atom. The Morgan fingerprint density at radius 3 is 2.92 bits per heavy atom. The second kappa shape index (κ2) is 4.50. The van der Waals surface area contributed by atoms with Crippen molar-refractivity contribution >= 4 is 5.69 Å². The molecule has 0 amide bonds. The molecule has 0 bridgehead atoms. The fourth-order valence-electron chi connectivity index (χ4n) is 0.868. The molecule has 0 aliphatic rings. The van der Waals surface area contributed by atoms with Gasteiger partial charge in [0.05, 0.1) is 0 Å². The Bertz CT molecular complexity index is 310. The lowest BCUT2D eigenvalue weighted by Crippen LogP contribution is -1.96. The van der Waals surface area contributed by atoms with Gasteiger partial charge < -0.3 is 10.5 Å². The van der Waals surface area contributed by atoms with E-state index in [2.05, 4.69) is 0 Å². The molecule has 0 radical (unpaired) electrons. The average molecular weight is 181 g/mol. The third-order valence-corrected chi connectivity index (χ3v) is 1.53. The quantitative estimate of drug-likeness (QED) is 0.574. The van der Waals surface area contributed by atoms with Crippen molar-refractivity contribution in [3.05, 3.63) is 36.2 Å². The molecule has 0 unspecified atom stereocenters. The SMILES string of the molecule is C/C=C/COc1ccc(N)cc1F. The molecule has 1 aromatic rings. The van der Waals surface area contributed by atoms with E-state index in [4.69, 9.17) is 10.5 Å². The minimum Gasteiger partial charge on any atom is -0.486 e. The summed E-state index contributed by atoms with van der Waals surface area (Å²) in [5.41, 5.74) is 5.77. The van der Waals surface area contributed by atoms with Gasteiger partial charge in [-0.05, 0) is 19.1 Å². The number of allylic oxidation sites excluding steroid dienone is 1. The largest absolute Gasteiger partial charge is 0.486 e. The summed E-state index contributed by atoms with van der Waals surface area (Å²) in [7, 11) is 0. The smallest absolute Gasteiger partial charge is 0.167 e. The van der Waals surface area contributed by atoms with Gasteiger partial charge in [-0.15, -0.1) is 0 Å². The van der Waals surface area contributed by atoms with Gasteiger partial charge in [-0.2, -0.15) is 0 Å². The van der Waals surface area contributed by atoms with E-state index in [0.29, 0.717) is 12.3 Å². The molecule has 1 aromatic carbocycles. The van der Waals surface area contributed by atoms with E-state index >= 15 is 0 Å². The standard InChI is InChI=1S/C10H12FNO/c1-2-3-6-13-10-5-4-8(12)7-9(10)11/h2-5,7H,6,12H2,1H3/b3-2+. The molecule has 0 spiro atoms. The van der Waals surface area contributed by atoms with Gasteiger partial charge >= 0.3 is 0 Å². The van der Waals surface area contributed by atoms with Crippen molar-refractivity contribution in [3.8, 4) is 5.75 Å². The van der Waals surface area contributed by atoms with E-state index in [9.17, 15) is 4.39 Å². The van der Waals surface area contributed by atoms with Crippen molar-refractivity contribution in [2.24, 2.45) is 0 Å². The highest BCUT2D eigenvalue weighted by atomic mass is 19.1. The summed E-state index contributed by atoms with van der Waals surface area (Å²) in [5.74, 6) is -0.197. The van der Waals surface area contributed by atoms with E-state index in [1.165, 1.54) is 12.1 Å². The molecular formula is C10H12FNO. The van der Waals surface area contributed by atoms with Crippen molar-refractivity contribution in [2.45, 2.75) is 6.92 Å². The number of nitrogen functional groups attached to an aromatic ring is 1. The Kier molecular flexibility index (Phi) is 3.31. The van der Waals surface area contributed by atoms with E-state index < -0.39 is 5.82 Å². The third-order valence-electron chi connectivity index (χ3n) is 1.53. The first-order chi connectivity index (χ1) is 6.24. The molecule has 0 saturated heterocycles. The van der Waals surface area contributed by atoms with Crippen LogP contribution in [0.2, 0.25) is 0 Å². The molecule has 2 N–H and O–H groups in total. The minimum absolute atomic E-state index is 0.229. The topological polar surface area (TPSA) is 35.2 Å². The number of rotatable bonds is 3. The summed E-state index contributed by atoms with van der Waals surface area (Å²) in [6.45, 7) is 2.25. The van der Waals surface area contributed by atoms with Crippen LogP contribution >= 0.6 is 0 Å². The molecule has 0 aromatic heterocycles. The molecule has 1 rings (SSSR count). The van der Waals surface area contributed by atoms with Crippen LogP contribution in [-0.4, -0.2) is 6.61 Å². The van der Waals surface area contributed by atoms with Crippen molar-refractivity contribution < 1.29 is 9.13 Å². The van der Waals surface area contributed by atoms with Crippen molar-refractivity contribution in [3.63, 3.8) is 0 Å². The number of benzene rings is 1. The van der Waals surface area contributed by atoms with Gasteiger partial charge in [-0.1, -0.05) is 12.2 Å². The minimum atomic E-state index is -0.426. The maximum atomic E-state index is 13.0. The van der Waals surface area contributed by atoms with Crippen LogP contribution < -0.4 is 10.5 Å². The Labute approximate surface area is 76.8 Å². The lowest BCUT2D eigenvalue weighted by molar-refractivity contribution is 0.341. The molecule has 0 fully saturated rings.